The summed E-state index contributed by atoms with van der Waals surface area (Å²) >= 11 is 0. The van der Waals surface area contributed by atoms with Crippen molar-refractivity contribution < 1.29 is 23.4 Å². The third-order valence-corrected chi connectivity index (χ3v) is 2.58. The van der Waals surface area contributed by atoms with E-state index in [0.29, 0.717) is 18.0 Å². The second-order valence-corrected chi connectivity index (χ2v) is 5.01. The van der Waals surface area contributed by atoms with Gasteiger partial charge in [0.1, 0.15) is 0 Å². The number of carboxylic acid groups (broad SMARTS) is 1. The highest BCUT2D eigenvalue weighted by Gasteiger charge is 2.19. The van der Waals surface area contributed by atoms with E-state index in [0.717, 1.165) is 18.7 Å². The number of halogens is 2. The Morgan fingerprint density at radius 3 is 2.30 bits per heavy atom. The molecule has 1 atom stereocenters. The van der Waals surface area contributed by atoms with Crippen molar-refractivity contribution in [1.29, 1.82) is 0 Å². The van der Waals surface area contributed by atoms with E-state index in [1.165, 1.54) is 6.92 Å². The Balaban J connectivity index is 2.78. The van der Waals surface area contributed by atoms with E-state index in [9.17, 15) is 13.6 Å². The van der Waals surface area contributed by atoms with Gasteiger partial charge in [-0.05, 0) is 37.1 Å². The predicted molar refractivity (Wildman–Crippen MR) is 70.6 cm³/mol. The van der Waals surface area contributed by atoms with Crippen LogP contribution in [-0.2, 0) is 11.3 Å². The lowest BCUT2D eigenvalue weighted by molar-refractivity contribution is -0.144. The van der Waals surface area contributed by atoms with Crippen LogP contribution < -0.4 is 10.1 Å². The van der Waals surface area contributed by atoms with Crippen LogP contribution in [0.5, 0.6) is 5.75 Å². The van der Waals surface area contributed by atoms with E-state index >= 15 is 0 Å². The lowest BCUT2D eigenvalue weighted by atomic mass is 10.1. The van der Waals surface area contributed by atoms with Gasteiger partial charge in [0.25, 0.3) is 0 Å². The molecule has 4 nitrogen and oxygen atoms in total. The minimum absolute atomic E-state index is 0.334. The molecule has 0 bridgehead atoms. The number of aliphatic carboxylic acids is 1. The van der Waals surface area contributed by atoms with E-state index < -0.39 is 29.5 Å². The molecule has 0 aliphatic carbocycles. The van der Waals surface area contributed by atoms with E-state index in [2.05, 4.69) is 5.32 Å². The first-order valence-corrected chi connectivity index (χ1v) is 6.39. The lowest BCUT2D eigenvalue weighted by Gasteiger charge is -2.13. The monoisotopic (exact) mass is 287 g/mol. The van der Waals surface area contributed by atoms with Crippen LogP contribution >= 0.6 is 0 Å². The first kappa shape index (κ1) is 16.4. The van der Waals surface area contributed by atoms with Gasteiger partial charge in [0, 0.05) is 6.54 Å². The first-order chi connectivity index (χ1) is 9.31. The molecule has 20 heavy (non-hydrogen) atoms. The summed E-state index contributed by atoms with van der Waals surface area (Å²) in [7, 11) is 0. The maximum atomic E-state index is 13.7. The summed E-state index contributed by atoms with van der Waals surface area (Å²) in [5.74, 6) is -3.32. The van der Waals surface area contributed by atoms with Gasteiger partial charge < -0.3 is 15.2 Å². The van der Waals surface area contributed by atoms with Crippen LogP contribution in [0.1, 0.15) is 26.3 Å². The number of hydrogen-bond donors (Lipinski definition) is 2. The van der Waals surface area contributed by atoms with E-state index in [4.69, 9.17) is 9.84 Å². The van der Waals surface area contributed by atoms with Crippen molar-refractivity contribution >= 4 is 5.97 Å². The molecule has 0 fully saturated rings. The standard InChI is InChI=1S/C14H19F2NO3/c1-8(2)6-17-7-10-4-11(15)13(12(16)5-10)20-9(3)14(18)19/h4-5,8-9,17H,6-7H2,1-3H3,(H,18,19). The van der Waals surface area contributed by atoms with Crippen LogP contribution in [-0.4, -0.2) is 23.7 Å². The highest BCUT2D eigenvalue weighted by molar-refractivity contribution is 5.72. The van der Waals surface area contributed by atoms with Crippen LogP contribution in [0, 0.1) is 17.6 Å². The number of hydrogen-bond acceptors (Lipinski definition) is 3. The van der Waals surface area contributed by atoms with Crippen LogP contribution in [0.25, 0.3) is 0 Å². The molecule has 0 heterocycles. The molecule has 1 aromatic rings. The summed E-state index contributed by atoms with van der Waals surface area (Å²) in [4.78, 5) is 10.6. The number of ether oxygens (including phenoxy) is 1. The fourth-order valence-corrected chi connectivity index (χ4v) is 1.56. The van der Waals surface area contributed by atoms with Crippen LogP contribution in [0.15, 0.2) is 12.1 Å². The zero-order valence-corrected chi connectivity index (χ0v) is 11.7. The highest BCUT2D eigenvalue weighted by atomic mass is 19.1. The average Bonchev–Trinajstić information content (AvgIpc) is 2.32. The quantitative estimate of drug-likeness (QED) is 0.809. The van der Waals surface area contributed by atoms with Gasteiger partial charge in [0.05, 0.1) is 0 Å². The van der Waals surface area contributed by atoms with Crippen molar-refractivity contribution in [2.24, 2.45) is 5.92 Å². The molecule has 112 valence electrons. The molecular weight excluding hydrogens is 268 g/mol. The van der Waals surface area contributed by atoms with Gasteiger partial charge in [0.2, 0.25) is 0 Å². The molecule has 0 saturated carbocycles. The molecule has 0 radical (unpaired) electrons. The second-order valence-electron chi connectivity index (χ2n) is 5.01. The van der Waals surface area contributed by atoms with Crippen LogP contribution in [0.4, 0.5) is 8.78 Å². The molecule has 0 amide bonds. The number of carboxylic acids is 1. The number of nitrogens with one attached hydrogen (secondary N) is 1. The minimum atomic E-state index is -1.32. The fourth-order valence-electron chi connectivity index (χ4n) is 1.56. The summed E-state index contributed by atoms with van der Waals surface area (Å²) in [6.45, 7) is 6.33. The Morgan fingerprint density at radius 2 is 1.85 bits per heavy atom. The van der Waals surface area contributed by atoms with Crippen molar-refractivity contribution in [3.05, 3.63) is 29.3 Å². The zero-order chi connectivity index (χ0) is 15.3. The SMILES string of the molecule is CC(C)CNCc1cc(F)c(OC(C)C(=O)O)c(F)c1. The van der Waals surface area contributed by atoms with Gasteiger partial charge >= 0.3 is 5.97 Å². The smallest absolute Gasteiger partial charge is 0.344 e. The van der Waals surface area contributed by atoms with E-state index in [1.54, 1.807) is 0 Å². The summed E-state index contributed by atoms with van der Waals surface area (Å²) in [6, 6.07) is 2.28. The van der Waals surface area contributed by atoms with Gasteiger partial charge in [-0.15, -0.1) is 0 Å². The molecular formula is C14H19F2NO3. The predicted octanol–water partition coefficient (Wildman–Crippen LogP) is 2.56. The van der Waals surface area contributed by atoms with Crippen molar-refractivity contribution in [1.82, 2.24) is 5.32 Å². The van der Waals surface area contributed by atoms with Gasteiger partial charge in [-0.1, -0.05) is 13.8 Å². The zero-order valence-electron chi connectivity index (χ0n) is 11.7. The molecule has 6 heteroatoms. The molecule has 0 aliphatic rings. The Morgan fingerprint density at radius 1 is 1.30 bits per heavy atom. The first-order valence-electron chi connectivity index (χ1n) is 6.39. The number of rotatable bonds is 7. The van der Waals surface area contributed by atoms with Gasteiger partial charge in [0.15, 0.2) is 23.5 Å². The van der Waals surface area contributed by atoms with Crippen molar-refractivity contribution in [2.45, 2.75) is 33.4 Å². The summed E-state index contributed by atoms with van der Waals surface area (Å²) in [5, 5.41) is 11.7. The molecule has 0 aromatic heterocycles. The molecule has 1 unspecified atom stereocenters. The van der Waals surface area contributed by atoms with Crippen LogP contribution in [0.2, 0.25) is 0 Å². The minimum Gasteiger partial charge on any atom is -0.479 e. The number of benzene rings is 1. The Bertz CT molecular complexity index is 454. The molecule has 1 rings (SSSR count). The van der Waals surface area contributed by atoms with Crippen molar-refractivity contribution in [2.75, 3.05) is 6.54 Å². The lowest BCUT2D eigenvalue weighted by Crippen LogP contribution is -2.24. The molecule has 2 N–H and O–H groups in total. The van der Waals surface area contributed by atoms with Crippen molar-refractivity contribution in [3.63, 3.8) is 0 Å². The number of carbonyl (C=O) groups is 1. The highest BCUT2D eigenvalue weighted by Crippen LogP contribution is 2.24. The van der Waals surface area contributed by atoms with Gasteiger partial charge in [-0.2, -0.15) is 0 Å². The van der Waals surface area contributed by atoms with E-state index in [1.807, 2.05) is 13.8 Å². The summed E-state index contributed by atoms with van der Waals surface area (Å²) in [6.07, 6.45) is -1.32. The third kappa shape index (κ3) is 4.77. The Hall–Kier alpha value is -1.69. The Kier molecular flexibility index (Phi) is 5.88. The van der Waals surface area contributed by atoms with Gasteiger partial charge in [-0.25, -0.2) is 13.6 Å². The molecule has 0 saturated heterocycles. The largest absolute Gasteiger partial charge is 0.479 e. The summed E-state index contributed by atoms with van der Waals surface area (Å²) in [5.41, 5.74) is 0.441. The maximum Gasteiger partial charge on any atom is 0.344 e. The fraction of sp³-hybridized carbons (Fsp3) is 0.500. The summed E-state index contributed by atoms with van der Waals surface area (Å²) < 4.78 is 32.2. The second kappa shape index (κ2) is 7.19. The molecule has 1 aromatic carbocycles. The Labute approximate surface area is 116 Å². The normalized spacial score (nSPS) is 12.5. The average molecular weight is 287 g/mol. The maximum absolute atomic E-state index is 13.7. The topological polar surface area (TPSA) is 58.6 Å². The van der Waals surface area contributed by atoms with Gasteiger partial charge in [-0.3, -0.25) is 0 Å². The van der Waals surface area contributed by atoms with Crippen molar-refractivity contribution in [3.8, 4) is 5.75 Å². The molecule has 0 spiro atoms. The van der Waals surface area contributed by atoms with E-state index in [-0.39, 0.29) is 0 Å². The molecule has 0 aliphatic heterocycles. The third-order valence-electron chi connectivity index (χ3n) is 2.58. The van der Waals surface area contributed by atoms with Crippen LogP contribution in [0.3, 0.4) is 0 Å².